The molecule has 1 fully saturated rings. The van der Waals surface area contributed by atoms with Crippen molar-refractivity contribution in [2.75, 3.05) is 0 Å². The topological polar surface area (TPSA) is 55.1 Å². The molecule has 3 atom stereocenters. The first kappa shape index (κ1) is 10.4. The van der Waals surface area contributed by atoms with Crippen LogP contribution in [0.5, 0.6) is 0 Å². The Morgan fingerprint density at radius 3 is 2.77 bits per heavy atom. The second kappa shape index (κ2) is 4.05. The van der Waals surface area contributed by atoms with Crippen molar-refractivity contribution >= 4 is 23.1 Å². The summed E-state index contributed by atoms with van der Waals surface area (Å²) in [4.78, 5) is 11.7. The number of rotatable bonds is 4. The van der Waals surface area contributed by atoms with Crippen molar-refractivity contribution in [3.63, 3.8) is 0 Å². The molecule has 74 valence electrons. The fraction of sp³-hybridized carbons (Fsp3) is 0.778. The minimum Gasteiger partial charge on any atom is -0.393 e. The first-order valence-corrected chi connectivity index (χ1v) is 5.06. The molecule has 0 aromatic rings. The van der Waals surface area contributed by atoms with Crippen molar-refractivity contribution in [2.45, 2.75) is 32.7 Å². The number of amides is 1. The third-order valence-electron chi connectivity index (χ3n) is 2.59. The van der Waals surface area contributed by atoms with Crippen LogP contribution in [0, 0.1) is 11.8 Å². The van der Waals surface area contributed by atoms with E-state index in [0.29, 0.717) is 12.0 Å². The van der Waals surface area contributed by atoms with Crippen LogP contribution in [0.25, 0.3) is 0 Å². The van der Waals surface area contributed by atoms with Gasteiger partial charge in [0.1, 0.15) is 0 Å². The summed E-state index contributed by atoms with van der Waals surface area (Å²) in [6, 6.07) is 0.370. The number of carbonyl (C=O) groups is 1. The molecule has 1 saturated carbocycles. The highest BCUT2D eigenvalue weighted by atomic mass is 32.1. The van der Waals surface area contributed by atoms with Gasteiger partial charge in [0.05, 0.1) is 10.9 Å². The second-order valence-corrected chi connectivity index (χ2v) is 4.11. The summed E-state index contributed by atoms with van der Waals surface area (Å²) in [5.74, 6) is 0.295. The maximum atomic E-state index is 11.4. The zero-order valence-electron chi connectivity index (χ0n) is 8.04. The molecule has 0 spiro atoms. The van der Waals surface area contributed by atoms with Gasteiger partial charge in [-0.25, -0.2) is 0 Å². The molecule has 0 aromatic heterocycles. The van der Waals surface area contributed by atoms with Crippen LogP contribution in [0.15, 0.2) is 0 Å². The smallest absolute Gasteiger partial charge is 0.229 e. The lowest BCUT2D eigenvalue weighted by Gasteiger charge is -2.09. The first-order chi connectivity index (χ1) is 6.06. The predicted molar refractivity (Wildman–Crippen MR) is 56.3 cm³/mol. The average Bonchev–Trinajstić information content (AvgIpc) is 2.81. The second-order valence-electron chi connectivity index (χ2n) is 3.64. The minimum atomic E-state index is -0.340. The fourth-order valence-electron chi connectivity index (χ4n) is 1.31. The van der Waals surface area contributed by atoms with E-state index in [1.807, 2.05) is 0 Å². The lowest BCUT2D eigenvalue weighted by atomic mass is 10.1. The van der Waals surface area contributed by atoms with Crippen molar-refractivity contribution in [3.05, 3.63) is 0 Å². The van der Waals surface area contributed by atoms with Gasteiger partial charge in [0, 0.05) is 6.04 Å². The van der Waals surface area contributed by atoms with Gasteiger partial charge >= 0.3 is 0 Å². The molecule has 0 radical (unpaired) electrons. The van der Waals surface area contributed by atoms with E-state index in [4.69, 9.17) is 18.0 Å². The molecule has 0 bridgehead atoms. The van der Waals surface area contributed by atoms with Crippen molar-refractivity contribution in [3.8, 4) is 0 Å². The summed E-state index contributed by atoms with van der Waals surface area (Å²) in [7, 11) is 0. The molecule has 13 heavy (non-hydrogen) atoms. The molecule has 3 N–H and O–H groups in total. The van der Waals surface area contributed by atoms with Crippen molar-refractivity contribution in [1.82, 2.24) is 5.32 Å². The minimum absolute atomic E-state index is 0.0338. The van der Waals surface area contributed by atoms with Gasteiger partial charge in [0.2, 0.25) is 5.91 Å². The quantitative estimate of drug-likeness (QED) is 0.661. The van der Waals surface area contributed by atoms with Crippen LogP contribution >= 0.6 is 12.2 Å². The Bertz CT molecular complexity index is 230. The van der Waals surface area contributed by atoms with Gasteiger partial charge in [0.15, 0.2) is 0 Å². The molecule has 3 unspecified atom stereocenters. The van der Waals surface area contributed by atoms with Gasteiger partial charge < -0.3 is 11.1 Å². The molecule has 1 aliphatic rings. The normalized spacial score (nSPS) is 27.8. The van der Waals surface area contributed by atoms with E-state index in [2.05, 4.69) is 12.2 Å². The molecular weight excluding hydrogens is 184 g/mol. The number of nitrogens with two attached hydrogens (primary N) is 1. The number of thiocarbonyl (C=S) groups is 1. The Morgan fingerprint density at radius 1 is 1.77 bits per heavy atom. The van der Waals surface area contributed by atoms with E-state index in [9.17, 15) is 4.79 Å². The lowest BCUT2D eigenvalue weighted by Crippen LogP contribution is -2.37. The van der Waals surface area contributed by atoms with Crippen molar-refractivity contribution in [2.24, 2.45) is 17.6 Å². The van der Waals surface area contributed by atoms with Crippen LogP contribution in [0.3, 0.4) is 0 Å². The average molecular weight is 200 g/mol. The fourth-order valence-corrected chi connectivity index (χ4v) is 1.42. The van der Waals surface area contributed by atoms with Crippen LogP contribution < -0.4 is 11.1 Å². The third kappa shape index (κ3) is 2.66. The van der Waals surface area contributed by atoms with Gasteiger partial charge in [-0.05, 0) is 19.3 Å². The molecular formula is C9H16N2OS. The highest BCUT2D eigenvalue weighted by Gasteiger charge is 2.37. The summed E-state index contributed by atoms with van der Waals surface area (Å²) < 4.78 is 0. The highest BCUT2D eigenvalue weighted by molar-refractivity contribution is 7.80. The van der Waals surface area contributed by atoms with Crippen LogP contribution in [-0.4, -0.2) is 16.9 Å². The van der Waals surface area contributed by atoms with Crippen LogP contribution in [-0.2, 0) is 4.79 Å². The Kier molecular flexibility index (Phi) is 3.25. The summed E-state index contributed by atoms with van der Waals surface area (Å²) in [6.07, 6.45) is 2.23. The Hall–Kier alpha value is -0.640. The largest absolute Gasteiger partial charge is 0.393 e. The number of hydrogen-bond acceptors (Lipinski definition) is 2. The standard InChI is InChI=1S/C9H16N2OS/c1-3-6-4-7(6)11-9(12)5(2)8(10)13/h5-7H,3-4H2,1-2H3,(H2,10,13)(H,11,12). The Balaban J connectivity index is 2.30. The maximum absolute atomic E-state index is 11.4. The molecule has 0 aromatic carbocycles. The first-order valence-electron chi connectivity index (χ1n) is 4.66. The molecule has 0 heterocycles. The molecule has 4 heteroatoms. The van der Waals surface area contributed by atoms with E-state index in [0.717, 1.165) is 12.8 Å². The van der Waals surface area contributed by atoms with E-state index >= 15 is 0 Å². The zero-order chi connectivity index (χ0) is 10.0. The molecule has 3 nitrogen and oxygen atoms in total. The van der Waals surface area contributed by atoms with E-state index < -0.39 is 0 Å². The van der Waals surface area contributed by atoms with Crippen molar-refractivity contribution < 1.29 is 4.79 Å². The van der Waals surface area contributed by atoms with Crippen LogP contribution in [0.1, 0.15) is 26.7 Å². The van der Waals surface area contributed by atoms with Crippen molar-refractivity contribution in [1.29, 1.82) is 0 Å². The number of nitrogens with one attached hydrogen (secondary N) is 1. The van der Waals surface area contributed by atoms with E-state index in [1.54, 1.807) is 6.92 Å². The number of hydrogen-bond donors (Lipinski definition) is 2. The van der Waals surface area contributed by atoms with E-state index in [-0.39, 0.29) is 16.8 Å². The summed E-state index contributed by atoms with van der Waals surface area (Å²) in [5.41, 5.74) is 5.37. The molecule has 1 aliphatic carbocycles. The van der Waals surface area contributed by atoms with Gasteiger partial charge in [0.25, 0.3) is 0 Å². The predicted octanol–water partition coefficient (Wildman–Crippen LogP) is 0.823. The van der Waals surface area contributed by atoms with Gasteiger partial charge in [-0.3, -0.25) is 4.79 Å². The maximum Gasteiger partial charge on any atom is 0.229 e. The zero-order valence-corrected chi connectivity index (χ0v) is 8.86. The molecule has 0 saturated heterocycles. The lowest BCUT2D eigenvalue weighted by molar-refractivity contribution is -0.122. The molecule has 1 rings (SSSR count). The van der Waals surface area contributed by atoms with Gasteiger partial charge in [-0.15, -0.1) is 0 Å². The number of carbonyl (C=O) groups excluding carboxylic acids is 1. The Labute approximate surface area is 84.1 Å². The van der Waals surface area contributed by atoms with Crippen LogP contribution in [0.2, 0.25) is 0 Å². The highest BCUT2D eigenvalue weighted by Crippen LogP contribution is 2.33. The SMILES string of the molecule is CCC1CC1NC(=O)C(C)C(N)=S. The van der Waals surface area contributed by atoms with Crippen LogP contribution in [0.4, 0.5) is 0 Å². The summed E-state index contributed by atoms with van der Waals surface area (Å²) in [6.45, 7) is 3.87. The van der Waals surface area contributed by atoms with E-state index in [1.165, 1.54) is 0 Å². The Morgan fingerprint density at radius 2 is 2.38 bits per heavy atom. The molecule has 0 aliphatic heterocycles. The monoisotopic (exact) mass is 200 g/mol. The third-order valence-corrected chi connectivity index (χ3v) is 2.95. The molecule has 1 amide bonds. The van der Waals surface area contributed by atoms with Gasteiger partial charge in [-0.1, -0.05) is 25.6 Å². The summed E-state index contributed by atoms with van der Waals surface area (Å²) in [5, 5.41) is 2.93. The van der Waals surface area contributed by atoms with Gasteiger partial charge in [-0.2, -0.15) is 0 Å². The summed E-state index contributed by atoms with van der Waals surface area (Å²) >= 11 is 4.74.